The molecule has 0 fully saturated rings. The first-order valence-corrected chi connectivity index (χ1v) is 7.72. The van der Waals surface area contributed by atoms with Gasteiger partial charge in [-0.3, -0.25) is 0 Å². The maximum Gasteiger partial charge on any atom is 0.123 e. The first-order chi connectivity index (χ1) is 9.49. The van der Waals surface area contributed by atoms with E-state index >= 15 is 0 Å². The van der Waals surface area contributed by atoms with Gasteiger partial charge in [-0.15, -0.1) is 12.6 Å². The zero-order valence-electron chi connectivity index (χ0n) is 13.3. The number of thiol groups is 1. The minimum Gasteiger partial charge on any atom is -0.489 e. The fourth-order valence-corrected chi connectivity index (χ4v) is 2.14. The number of hydrogen-bond acceptors (Lipinski definition) is 2. The van der Waals surface area contributed by atoms with Crippen molar-refractivity contribution in [3.63, 3.8) is 0 Å². The fourth-order valence-electron chi connectivity index (χ4n) is 1.89. The number of aryl methyl sites for hydroxylation is 2. The highest BCUT2D eigenvalue weighted by Gasteiger charge is 2.05. The summed E-state index contributed by atoms with van der Waals surface area (Å²) >= 11 is 4.44. The summed E-state index contributed by atoms with van der Waals surface area (Å²) < 4.78 is 6.01. The van der Waals surface area contributed by atoms with Crippen molar-refractivity contribution in [3.05, 3.63) is 46.6 Å². The van der Waals surface area contributed by atoms with E-state index in [1.165, 1.54) is 11.1 Å². The van der Waals surface area contributed by atoms with Gasteiger partial charge < -0.3 is 4.74 Å². The number of rotatable bonds is 6. The van der Waals surface area contributed by atoms with Crippen LogP contribution in [-0.4, -0.2) is 6.61 Å². The quantitative estimate of drug-likeness (QED) is 0.525. The molecule has 0 radical (unpaired) electrons. The Morgan fingerprint density at radius 1 is 1.20 bits per heavy atom. The predicted molar refractivity (Wildman–Crippen MR) is 91.1 cm³/mol. The first-order valence-electron chi connectivity index (χ1n) is 7.27. The second-order valence-corrected chi connectivity index (χ2v) is 5.64. The minimum absolute atomic E-state index is 0.627. The molecule has 0 N–H and O–H groups in total. The highest BCUT2D eigenvalue weighted by Crippen LogP contribution is 2.25. The van der Waals surface area contributed by atoms with E-state index in [1.807, 2.05) is 0 Å². The molecule has 2 heteroatoms. The van der Waals surface area contributed by atoms with Crippen molar-refractivity contribution in [2.75, 3.05) is 6.61 Å². The largest absolute Gasteiger partial charge is 0.489 e. The van der Waals surface area contributed by atoms with Gasteiger partial charge in [-0.1, -0.05) is 31.6 Å². The van der Waals surface area contributed by atoms with Gasteiger partial charge in [0.2, 0.25) is 0 Å². The van der Waals surface area contributed by atoms with E-state index in [0.29, 0.717) is 6.61 Å². The van der Waals surface area contributed by atoms with E-state index in [-0.39, 0.29) is 0 Å². The summed E-state index contributed by atoms with van der Waals surface area (Å²) in [7, 11) is 0. The highest BCUT2D eigenvalue weighted by atomic mass is 32.1. The Hall–Kier alpha value is -1.15. The highest BCUT2D eigenvalue weighted by molar-refractivity contribution is 7.80. The SMILES string of the molecule is CC/C=C\C(COc1cc(C)c(S)cc1C)=C(\C)CC. The number of allylic oxidation sites excluding steroid dienone is 2. The van der Waals surface area contributed by atoms with Crippen LogP contribution in [0.15, 0.2) is 40.3 Å². The predicted octanol–water partition coefficient (Wildman–Crippen LogP) is 5.66. The molecular formula is C18H26OS. The van der Waals surface area contributed by atoms with Gasteiger partial charge in [-0.25, -0.2) is 0 Å². The van der Waals surface area contributed by atoms with Crippen LogP contribution in [0.25, 0.3) is 0 Å². The van der Waals surface area contributed by atoms with E-state index < -0.39 is 0 Å². The van der Waals surface area contributed by atoms with Crippen LogP contribution in [0.5, 0.6) is 5.75 Å². The topological polar surface area (TPSA) is 9.23 Å². The Morgan fingerprint density at radius 3 is 2.50 bits per heavy atom. The van der Waals surface area contributed by atoms with Crippen LogP contribution < -0.4 is 4.74 Å². The molecule has 0 saturated carbocycles. The molecule has 0 aliphatic rings. The molecule has 20 heavy (non-hydrogen) atoms. The Bertz CT molecular complexity index is 512. The fraction of sp³-hybridized carbons (Fsp3) is 0.444. The summed E-state index contributed by atoms with van der Waals surface area (Å²) in [6.45, 7) is 11.2. The molecular weight excluding hydrogens is 264 g/mol. The number of hydrogen-bond donors (Lipinski definition) is 1. The van der Waals surface area contributed by atoms with E-state index in [0.717, 1.165) is 34.6 Å². The average molecular weight is 290 g/mol. The summed E-state index contributed by atoms with van der Waals surface area (Å²) in [5.41, 5.74) is 4.94. The molecule has 1 aromatic rings. The molecule has 0 bridgehead atoms. The van der Waals surface area contributed by atoms with Crippen LogP contribution >= 0.6 is 12.6 Å². The Morgan fingerprint density at radius 2 is 1.90 bits per heavy atom. The molecule has 0 aromatic heterocycles. The third-order valence-electron chi connectivity index (χ3n) is 3.51. The van der Waals surface area contributed by atoms with Crippen molar-refractivity contribution in [1.82, 2.24) is 0 Å². The molecule has 0 atom stereocenters. The Kier molecular flexibility index (Phi) is 6.94. The molecule has 0 spiro atoms. The summed E-state index contributed by atoms with van der Waals surface area (Å²) in [6, 6.07) is 4.13. The second kappa shape index (κ2) is 8.21. The Balaban J connectivity index is 2.88. The van der Waals surface area contributed by atoms with Gasteiger partial charge in [0.25, 0.3) is 0 Å². The van der Waals surface area contributed by atoms with Crippen molar-refractivity contribution < 1.29 is 4.74 Å². The maximum atomic E-state index is 6.01. The summed E-state index contributed by atoms with van der Waals surface area (Å²) in [5, 5.41) is 0. The molecule has 110 valence electrons. The minimum atomic E-state index is 0.627. The lowest BCUT2D eigenvalue weighted by Gasteiger charge is -2.13. The van der Waals surface area contributed by atoms with Crippen molar-refractivity contribution in [1.29, 1.82) is 0 Å². The standard InChI is InChI=1S/C18H26OS/c1-6-8-9-16(13(3)7-2)12-19-17-10-15(5)18(20)11-14(17)4/h8-11,20H,6-7,12H2,1-5H3/b9-8-,16-13+. The van der Waals surface area contributed by atoms with E-state index in [9.17, 15) is 0 Å². The van der Waals surface area contributed by atoms with Crippen molar-refractivity contribution in [2.24, 2.45) is 0 Å². The van der Waals surface area contributed by atoms with Crippen molar-refractivity contribution in [2.45, 2.75) is 52.4 Å². The number of ether oxygens (including phenoxy) is 1. The van der Waals surface area contributed by atoms with Crippen molar-refractivity contribution in [3.8, 4) is 5.75 Å². The Labute approximate surface area is 129 Å². The van der Waals surface area contributed by atoms with E-state index in [2.05, 4.69) is 71.5 Å². The van der Waals surface area contributed by atoms with E-state index in [1.54, 1.807) is 0 Å². The van der Waals surface area contributed by atoms with Gasteiger partial charge in [0, 0.05) is 4.90 Å². The smallest absolute Gasteiger partial charge is 0.123 e. The van der Waals surface area contributed by atoms with Crippen LogP contribution in [0, 0.1) is 13.8 Å². The molecule has 1 rings (SSSR count). The van der Waals surface area contributed by atoms with E-state index in [4.69, 9.17) is 4.74 Å². The zero-order chi connectivity index (χ0) is 15.1. The van der Waals surface area contributed by atoms with Crippen LogP contribution in [0.1, 0.15) is 44.7 Å². The molecule has 0 heterocycles. The first kappa shape index (κ1) is 16.9. The molecule has 0 aliphatic heterocycles. The molecule has 1 aromatic carbocycles. The molecule has 1 nitrogen and oxygen atoms in total. The third-order valence-corrected chi connectivity index (χ3v) is 3.99. The summed E-state index contributed by atoms with van der Waals surface area (Å²) in [6.07, 6.45) is 6.48. The zero-order valence-corrected chi connectivity index (χ0v) is 14.2. The summed E-state index contributed by atoms with van der Waals surface area (Å²) in [4.78, 5) is 1.02. The van der Waals surface area contributed by atoms with Gasteiger partial charge in [0.05, 0.1) is 0 Å². The van der Waals surface area contributed by atoms with Gasteiger partial charge in [-0.05, 0) is 62.4 Å². The normalized spacial score (nSPS) is 12.7. The lowest BCUT2D eigenvalue weighted by molar-refractivity contribution is 0.351. The maximum absolute atomic E-state index is 6.01. The van der Waals surface area contributed by atoms with Gasteiger partial charge in [-0.2, -0.15) is 0 Å². The molecule has 0 saturated heterocycles. The van der Waals surface area contributed by atoms with Crippen LogP contribution in [0.3, 0.4) is 0 Å². The van der Waals surface area contributed by atoms with Crippen LogP contribution in [-0.2, 0) is 0 Å². The van der Waals surface area contributed by atoms with Gasteiger partial charge in [0.1, 0.15) is 12.4 Å². The number of benzene rings is 1. The molecule has 0 aliphatic carbocycles. The second-order valence-electron chi connectivity index (χ2n) is 5.16. The molecule has 0 unspecified atom stereocenters. The van der Waals surface area contributed by atoms with Crippen LogP contribution in [0.2, 0.25) is 0 Å². The summed E-state index contributed by atoms with van der Waals surface area (Å²) in [5.74, 6) is 0.951. The van der Waals surface area contributed by atoms with Crippen molar-refractivity contribution >= 4 is 12.6 Å². The van der Waals surface area contributed by atoms with Gasteiger partial charge in [0.15, 0.2) is 0 Å². The van der Waals surface area contributed by atoms with Gasteiger partial charge >= 0.3 is 0 Å². The lowest BCUT2D eigenvalue weighted by Crippen LogP contribution is -2.03. The van der Waals surface area contributed by atoms with Crippen LogP contribution in [0.4, 0.5) is 0 Å². The third kappa shape index (κ3) is 4.75. The lowest BCUT2D eigenvalue weighted by atomic mass is 10.1. The molecule has 0 amide bonds. The average Bonchev–Trinajstić information content (AvgIpc) is 2.43. The monoisotopic (exact) mass is 290 g/mol.